The molecule has 0 radical (unpaired) electrons. The summed E-state index contributed by atoms with van der Waals surface area (Å²) >= 11 is 0. The highest BCUT2D eigenvalue weighted by molar-refractivity contribution is 5.74. The zero-order valence-corrected chi connectivity index (χ0v) is 14.4. The average molecular weight is 332 g/mol. The van der Waals surface area contributed by atoms with Crippen LogP contribution in [0.1, 0.15) is 38.2 Å². The third kappa shape index (κ3) is 4.17. The lowest BCUT2D eigenvalue weighted by molar-refractivity contribution is 0.0798. The highest BCUT2D eigenvalue weighted by Gasteiger charge is 2.25. The Morgan fingerprint density at radius 1 is 1.29 bits per heavy atom. The Balaban J connectivity index is 1.44. The van der Waals surface area contributed by atoms with Crippen molar-refractivity contribution in [1.29, 1.82) is 0 Å². The van der Waals surface area contributed by atoms with Crippen molar-refractivity contribution in [2.45, 2.75) is 45.3 Å². The largest absolute Gasteiger partial charge is 0.393 e. The first-order valence-electron chi connectivity index (χ1n) is 9.04. The molecular weight excluding hydrogens is 304 g/mol. The van der Waals surface area contributed by atoms with Crippen LogP contribution in [0.4, 0.5) is 10.6 Å². The highest BCUT2D eigenvalue weighted by Crippen LogP contribution is 2.20. The minimum Gasteiger partial charge on any atom is -0.393 e. The summed E-state index contributed by atoms with van der Waals surface area (Å²) < 4.78 is 0. The maximum absolute atomic E-state index is 12.2. The van der Waals surface area contributed by atoms with Crippen LogP contribution in [0.15, 0.2) is 18.3 Å². The Bertz CT molecular complexity index is 532. The van der Waals surface area contributed by atoms with Gasteiger partial charge in [-0.05, 0) is 50.2 Å². The van der Waals surface area contributed by atoms with Gasteiger partial charge in [-0.15, -0.1) is 0 Å². The van der Waals surface area contributed by atoms with Crippen molar-refractivity contribution in [3.05, 3.63) is 23.9 Å². The number of anilines is 1. The molecular formula is C18H28N4O2. The van der Waals surface area contributed by atoms with Gasteiger partial charge in [0.15, 0.2) is 0 Å². The molecule has 3 rings (SSSR count). The maximum Gasteiger partial charge on any atom is 0.317 e. The first-order valence-corrected chi connectivity index (χ1v) is 9.04. The topological polar surface area (TPSA) is 68.7 Å². The van der Waals surface area contributed by atoms with Crippen molar-refractivity contribution in [3.63, 3.8) is 0 Å². The molecule has 2 fully saturated rings. The van der Waals surface area contributed by atoms with Crippen LogP contribution in [0.5, 0.6) is 0 Å². The van der Waals surface area contributed by atoms with Crippen LogP contribution in [-0.4, -0.2) is 53.3 Å². The second kappa shape index (κ2) is 7.83. The van der Waals surface area contributed by atoms with Crippen molar-refractivity contribution >= 4 is 11.8 Å². The summed E-state index contributed by atoms with van der Waals surface area (Å²) in [6.45, 7) is 5.94. The Morgan fingerprint density at radius 3 is 2.58 bits per heavy atom. The molecule has 6 nitrogen and oxygen atoms in total. The second-order valence-electron chi connectivity index (χ2n) is 6.94. The summed E-state index contributed by atoms with van der Waals surface area (Å²) in [5.41, 5.74) is 1.02. The monoisotopic (exact) mass is 332 g/mol. The van der Waals surface area contributed by atoms with Gasteiger partial charge in [-0.2, -0.15) is 0 Å². The third-order valence-corrected chi connectivity index (χ3v) is 5.19. The van der Waals surface area contributed by atoms with E-state index in [9.17, 15) is 9.90 Å². The van der Waals surface area contributed by atoms with Gasteiger partial charge >= 0.3 is 6.03 Å². The molecule has 1 unspecified atom stereocenters. The number of piperidine rings is 1. The number of carbonyl (C=O) groups excluding carboxylic acids is 1. The van der Waals surface area contributed by atoms with Gasteiger partial charge in [0, 0.05) is 38.9 Å². The molecule has 3 heterocycles. The lowest BCUT2D eigenvalue weighted by Gasteiger charge is -2.33. The minimum atomic E-state index is -0.282. The van der Waals surface area contributed by atoms with Crippen molar-refractivity contribution in [2.75, 3.05) is 31.1 Å². The highest BCUT2D eigenvalue weighted by atomic mass is 16.3. The SMILES string of the molecule is CC(O)C1CCN(C(=O)NCc2ccc(N3CCCC3)nc2)CC1. The van der Waals surface area contributed by atoms with Gasteiger partial charge in [0.2, 0.25) is 0 Å². The summed E-state index contributed by atoms with van der Waals surface area (Å²) in [5.74, 6) is 1.35. The number of carbonyl (C=O) groups is 1. The van der Waals surface area contributed by atoms with E-state index in [1.54, 1.807) is 0 Å². The van der Waals surface area contributed by atoms with Gasteiger partial charge < -0.3 is 20.2 Å². The fourth-order valence-corrected chi connectivity index (χ4v) is 3.53. The molecule has 132 valence electrons. The normalized spacial score (nSPS) is 20.2. The zero-order valence-electron chi connectivity index (χ0n) is 14.4. The molecule has 0 aromatic carbocycles. The molecule has 2 aliphatic rings. The van der Waals surface area contributed by atoms with Crippen LogP contribution in [0.3, 0.4) is 0 Å². The first-order chi connectivity index (χ1) is 11.6. The molecule has 6 heteroatoms. The number of hydrogen-bond acceptors (Lipinski definition) is 4. The van der Waals surface area contributed by atoms with Gasteiger partial charge in [-0.25, -0.2) is 9.78 Å². The summed E-state index contributed by atoms with van der Waals surface area (Å²) in [6, 6.07) is 4.06. The number of aromatic nitrogens is 1. The number of pyridine rings is 1. The smallest absolute Gasteiger partial charge is 0.317 e. The number of nitrogens with zero attached hydrogens (tertiary/aromatic N) is 3. The van der Waals surface area contributed by atoms with E-state index < -0.39 is 0 Å². The zero-order chi connectivity index (χ0) is 16.9. The Morgan fingerprint density at radius 2 is 2.00 bits per heavy atom. The fraction of sp³-hybridized carbons (Fsp3) is 0.667. The number of amides is 2. The standard InChI is InChI=1S/C18H28N4O2/c1-14(23)16-6-10-22(11-7-16)18(24)20-13-15-4-5-17(19-12-15)21-8-2-3-9-21/h4-5,12,14,16,23H,2-3,6-11,13H2,1H3,(H,20,24). The molecule has 1 aromatic heterocycles. The molecule has 0 saturated carbocycles. The van der Waals surface area contributed by atoms with E-state index in [1.165, 1.54) is 12.8 Å². The molecule has 1 aromatic rings. The molecule has 0 aliphatic carbocycles. The van der Waals surface area contributed by atoms with Crippen LogP contribution in [0.25, 0.3) is 0 Å². The van der Waals surface area contributed by atoms with Crippen LogP contribution in [0.2, 0.25) is 0 Å². The number of hydrogen-bond donors (Lipinski definition) is 2. The quantitative estimate of drug-likeness (QED) is 0.885. The summed E-state index contributed by atoms with van der Waals surface area (Å²) in [7, 11) is 0. The van der Waals surface area contributed by atoms with Gasteiger partial charge in [0.1, 0.15) is 5.82 Å². The van der Waals surface area contributed by atoms with E-state index in [-0.39, 0.29) is 12.1 Å². The first kappa shape index (κ1) is 17.0. The molecule has 2 N–H and O–H groups in total. The fourth-order valence-electron chi connectivity index (χ4n) is 3.53. The van der Waals surface area contributed by atoms with Crippen LogP contribution < -0.4 is 10.2 Å². The average Bonchev–Trinajstić information content (AvgIpc) is 3.15. The van der Waals surface area contributed by atoms with E-state index in [0.717, 1.165) is 37.3 Å². The van der Waals surface area contributed by atoms with Gasteiger partial charge in [-0.3, -0.25) is 0 Å². The van der Waals surface area contributed by atoms with Crippen molar-refractivity contribution < 1.29 is 9.90 Å². The molecule has 24 heavy (non-hydrogen) atoms. The van der Waals surface area contributed by atoms with Crippen LogP contribution in [-0.2, 0) is 6.54 Å². The summed E-state index contributed by atoms with van der Waals surface area (Å²) in [6.07, 6.45) is 5.80. The maximum atomic E-state index is 12.2. The molecule has 2 amide bonds. The molecule has 0 bridgehead atoms. The third-order valence-electron chi connectivity index (χ3n) is 5.19. The molecule has 1 atom stereocenters. The van der Waals surface area contributed by atoms with Gasteiger partial charge in [-0.1, -0.05) is 6.07 Å². The summed E-state index contributed by atoms with van der Waals surface area (Å²) in [4.78, 5) is 20.9. The van der Waals surface area contributed by atoms with Gasteiger partial charge in [0.05, 0.1) is 6.10 Å². The van der Waals surface area contributed by atoms with E-state index in [2.05, 4.69) is 15.2 Å². The minimum absolute atomic E-state index is 0.0253. The van der Waals surface area contributed by atoms with Crippen LogP contribution in [0, 0.1) is 5.92 Å². The number of rotatable bonds is 4. The molecule has 0 spiro atoms. The van der Waals surface area contributed by atoms with Crippen molar-refractivity contribution in [2.24, 2.45) is 5.92 Å². The lowest BCUT2D eigenvalue weighted by atomic mass is 9.92. The summed E-state index contributed by atoms with van der Waals surface area (Å²) in [5, 5.41) is 12.6. The Kier molecular flexibility index (Phi) is 5.56. The van der Waals surface area contributed by atoms with Crippen LogP contribution >= 0.6 is 0 Å². The molecule has 2 saturated heterocycles. The van der Waals surface area contributed by atoms with E-state index in [1.807, 2.05) is 30.2 Å². The van der Waals surface area contributed by atoms with Crippen molar-refractivity contribution in [3.8, 4) is 0 Å². The number of aliphatic hydroxyl groups is 1. The van der Waals surface area contributed by atoms with E-state index in [0.29, 0.717) is 25.6 Å². The van der Waals surface area contributed by atoms with Gasteiger partial charge in [0.25, 0.3) is 0 Å². The Hall–Kier alpha value is -1.82. The van der Waals surface area contributed by atoms with E-state index in [4.69, 9.17) is 0 Å². The number of urea groups is 1. The number of nitrogens with one attached hydrogen (secondary N) is 1. The Labute approximate surface area is 143 Å². The van der Waals surface area contributed by atoms with Crippen molar-refractivity contribution in [1.82, 2.24) is 15.2 Å². The molecule has 2 aliphatic heterocycles. The number of likely N-dealkylation sites (tertiary alicyclic amines) is 1. The predicted octanol–water partition coefficient (Wildman–Crippen LogP) is 1.98. The second-order valence-corrected chi connectivity index (χ2v) is 6.94. The lowest BCUT2D eigenvalue weighted by Crippen LogP contribution is -2.45. The predicted molar refractivity (Wildman–Crippen MR) is 93.9 cm³/mol. The number of aliphatic hydroxyl groups excluding tert-OH is 1. The van der Waals surface area contributed by atoms with E-state index >= 15 is 0 Å².